The first-order valence-corrected chi connectivity index (χ1v) is 22.5. The maximum Gasteiger partial charge on any atom is 0.121 e. The molecule has 0 unspecified atom stereocenters. The fourth-order valence-corrected chi connectivity index (χ4v) is 7.63. The SMILES string of the molecule is [CH3][Ge]([CH3])([CH3])[c]1ccc(-c2[c-]cccc2)nc1.[Ir].[c-]1cc2oc3cc(-c4ccccc4)ccc3c2cc1-c1cc2ccccc2cn1. The number of rotatable bonds is 4. The molecular formula is C41H32GeIrN2O-2. The van der Waals surface area contributed by atoms with E-state index in [9.17, 15) is 0 Å². The van der Waals surface area contributed by atoms with Crippen LogP contribution in [-0.2, 0) is 20.1 Å². The number of benzene rings is 5. The minimum atomic E-state index is -1.72. The molecule has 0 spiro atoms. The molecule has 227 valence electrons. The molecule has 5 heteroatoms. The molecule has 0 aliphatic rings. The maximum atomic E-state index is 6.12. The van der Waals surface area contributed by atoms with Crippen molar-refractivity contribution < 1.29 is 24.5 Å². The average molecular weight is 834 g/mol. The summed E-state index contributed by atoms with van der Waals surface area (Å²) in [5.74, 6) is 7.14. The predicted molar refractivity (Wildman–Crippen MR) is 190 cm³/mol. The van der Waals surface area contributed by atoms with Gasteiger partial charge >= 0.3 is 99.8 Å². The summed E-state index contributed by atoms with van der Waals surface area (Å²) in [5.41, 5.74) is 8.03. The van der Waals surface area contributed by atoms with Crippen LogP contribution in [0.1, 0.15) is 0 Å². The van der Waals surface area contributed by atoms with Crippen molar-refractivity contribution in [1.29, 1.82) is 0 Å². The van der Waals surface area contributed by atoms with Crippen LogP contribution >= 0.6 is 0 Å². The number of furan rings is 1. The van der Waals surface area contributed by atoms with Crippen LogP contribution in [0, 0.1) is 12.1 Å². The molecule has 3 heterocycles. The smallest absolute Gasteiger partial charge is 0.121 e. The van der Waals surface area contributed by atoms with Crippen molar-refractivity contribution >= 4 is 50.4 Å². The molecule has 46 heavy (non-hydrogen) atoms. The zero-order chi connectivity index (χ0) is 30.8. The number of hydrogen-bond acceptors (Lipinski definition) is 3. The van der Waals surface area contributed by atoms with Gasteiger partial charge in [0.05, 0.1) is 5.58 Å². The summed E-state index contributed by atoms with van der Waals surface area (Å²) in [6.07, 6.45) is 3.96. The molecule has 0 aliphatic heterocycles. The van der Waals surface area contributed by atoms with E-state index in [2.05, 4.69) is 118 Å². The maximum absolute atomic E-state index is 6.12. The Kier molecular flexibility index (Phi) is 9.32. The number of pyridine rings is 2. The van der Waals surface area contributed by atoms with Gasteiger partial charge in [-0.1, -0.05) is 78.2 Å². The molecule has 0 amide bonds. The minimum Gasteiger partial charge on any atom is -0.500 e. The zero-order valence-corrected chi connectivity index (χ0v) is 30.4. The van der Waals surface area contributed by atoms with Crippen LogP contribution < -0.4 is 4.40 Å². The van der Waals surface area contributed by atoms with E-state index in [-0.39, 0.29) is 20.1 Å². The summed E-state index contributed by atoms with van der Waals surface area (Å²) in [6.45, 7) is 0. The number of hydrogen-bond donors (Lipinski definition) is 0. The van der Waals surface area contributed by atoms with E-state index < -0.39 is 13.3 Å². The van der Waals surface area contributed by atoms with Crippen molar-refractivity contribution in [2.24, 2.45) is 0 Å². The molecule has 3 aromatic heterocycles. The van der Waals surface area contributed by atoms with Crippen LogP contribution in [0.25, 0.3) is 66.4 Å². The van der Waals surface area contributed by atoms with Gasteiger partial charge in [-0.2, -0.15) is 0 Å². The van der Waals surface area contributed by atoms with Crippen LogP contribution in [0.4, 0.5) is 0 Å². The first-order chi connectivity index (χ1) is 21.9. The van der Waals surface area contributed by atoms with Gasteiger partial charge in [-0.15, -0.1) is 23.8 Å². The third-order valence-electron chi connectivity index (χ3n) is 8.03. The zero-order valence-electron chi connectivity index (χ0n) is 25.9. The Bertz CT molecular complexity index is 2240. The molecule has 0 fully saturated rings. The van der Waals surface area contributed by atoms with Gasteiger partial charge in [0.15, 0.2) is 0 Å². The molecule has 1 radical (unpaired) electrons. The molecule has 0 atom stereocenters. The van der Waals surface area contributed by atoms with Crippen molar-refractivity contribution in [2.45, 2.75) is 17.3 Å². The third kappa shape index (κ3) is 6.75. The Morgan fingerprint density at radius 2 is 1.33 bits per heavy atom. The van der Waals surface area contributed by atoms with Crippen molar-refractivity contribution in [3.8, 4) is 33.6 Å². The summed E-state index contributed by atoms with van der Waals surface area (Å²) in [6, 6.07) is 50.0. The molecule has 5 aromatic carbocycles. The summed E-state index contributed by atoms with van der Waals surface area (Å²) >= 11 is -1.72. The van der Waals surface area contributed by atoms with E-state index in [1.807, 2.05) is 60.9 Å². The molecule has 0 N–H and O–H groups in total. The van der Waals surface area contributed by atoms with Crippen molar-refractivity contribution in [3.05, 3.63) is 152 Å². The largest absolute Gasteiger partial charge is 0.500 e. The van der Waals surface area contributed by atoms with Gasteiger partial charge in [-0.25, -0.2) is 0 Å². The standard InChI is InChI=1S/C27H16NO.C14H16GeN.Ir/c1-2-6-18(7-3-1)20-10-12-23-24-14-21(11-13-26(24)29-27(23)16-20)25-15-19-8-4-5-9-22(19)17-28-25;1-15(2,3)13-9-10-14(16-11-13)12-7-5-4-6-8-12;/h1-10,12-17H;4-7,9-11H,1-3H3;/q2*-1;. The predicted octanol–water partition coefficient (Wildman–Crippen LogP) is 10.4. The van der Waals surface area contributed by atoms with E-state index in [1.165, 1.54) is 15.3 Å². The summed E-state index contributed by atoms with van der Waals surface area (Å²) in [7, 11) is 0. The second kappa shape index (κ2) is 13.6. The molecule has 0 saturated carbocycles. The fourth-order valence-electron chi connectivity index (χ4n) is 5.46. The van der Waals surface area contributed by atoms with Gasteiger partial charge in [0.25, 0.3) is 0 Å². The number of aromatic nitrogens is 2. The summed E-state index contributed by atoms with van der Waals surface area (Å²) in [4.78, 5) is 9.17. The monoisotopic (exact) mass is 835 g/mol. The van der Waals surface area contributed by atoms with Crippen molar-refractivity contribution in [1.82, 2.24) is 9.97 Å². The molecule has 3 nitrogen and oxygen atoms in total. The van der Waals surface area contributed by atoms with E-state index in [4.69, 9.17) is 4.42 Å². The fraction of sp³-hybridized carbons (Fsp3) is 0.0732. The molecular weight excluding hydrogens is 801 g/mol. The number of fused-ring (bicyclic) bond motifs is 4. The van der Waals surface area contributed by atoms with Crippen LogP contribution in [0.5, 0.6) is 0 Å². The quantitative estimate of drug-likeness (QED) is 0.131. The van der Waals surface area contributed by atoms with E-state index in [0.717, 1.165) is 55.4 Å². The minimum absolute atomic E-state index is 0. The van der Waals surface area contributed by atoms with E-state index >= 15 is 0 Å². The second-order valence-corrected chi connectivity index (χ2v) is 22.8. The van der Waals surface area contributed by atoms with Crippen molar-refractivity contribution in [3.63, 3.8) is 0 Å². The normalized spacial score (nSPS) is 11.2. The van der Waals surface area contributed by atoms with Crippen LogP contribution in [0.2, 0.25) is 17.3 Å². The Morgan fingerprint density at radius 1 is 0.565 bits per heavy atom. The van der Waals surface area contributed by atoms with E-state index in [0.29, 0.717) is 0 Å². The van der Waals surface area contributed by atoms with Crippen molar-refractivity contribution in [2.75, 3.05) is 0 Å². The van der Waals surface area contributed by atoms with Crippen LogP contribution in [0.15, 0.2) is 144 Å². The Balaban J connectivity index is 0.000000187. The van der Waals surface area contributed by atoms with Gasteiger partial charge in [0.1, 0.15) is 5.58 Å². The molecule has 0 saturated heterocycles. The molecule has 8 rings (SSSR count). The first kappa shape index (κ1) is 31.6. The first-order valence-electron chi connectivity index (χ1n) is 15.1. The Labute approximate surface area is 286 Å². The molecule has 8 aromatic rings. The molecule has 0 aliphatic carbocycles. The number of nitrogens with zero attached hydrogens (tertiary/aromatic N) is 2. The second-order valence-electron chi connectivity index (χ2n) is 12.2. The third-order valence-corrected chi connectivity index (χ3v) is 12.3. The summed E-state index contributed by atoms with van der Waals surface area (Å²) in [5, 5.41) is 4.51. The van der Waals surface area contributed by atoms with E-state index in [1.54, 1.807) is 0 Å². The van der Waals surface area contributed by atoms with Gasteiger partial charge in [-0.05, 0) is 33.7 Å². The van der Waals surface area contributed by atoms with Gasteiger partial charge in [-0.3, -0.25) is 0 Å². The molecule has 0 bridgehead atoms. The van der Waals surface area contributed by atoms with Gasteiger partial charge < -0.3 is 9.40 Å². The van der Waals surface area contributed by atoms with Gasteiger partial charge in [0, 0.05) is 31.7 Å². The Hall–Kier alpha value is -4.35. The topological polar surface area (TPSA) is 38.9 Å². The van der Waals surface area contributed by atoms with Gasteiger partial charge in [0.2, 0.25) is 0 Å². The van der Waals surface area contributed by atoms with Crippen LogP contribution in [-0.4, -0.2) is 23.2 Å². The average Bonchev–Trinajstić information content (AvgIpc) is 3.46. The summed E-state index contributed by atoms with van der Waals surface area (Å²) < 4.78 is 7.57. The van der Waals surface area contributed by atoms with Crippen LogP contribution in [0.3, 0.4) is 0 Å². The Morgan fingerprint density at radius 3 is 2.07 bits per heavy atom.